The van der Waals surface area contributed by atoms with Crippen LogP contribution in [0, 0.1) is 5.92 Å². The summed E-state index contributed by atoms with van der Waals surface area (Å²) in [5.41, 5.74) is 12.7. The lowest BCUT2D eigenvalue weighted by molar-refractivity contribution is 0.0313. The molecule has 4 N–H and O–H groups in total. The van der Waals surface area contributed by atoms with E-state index in [1.807, 2.05) is 26.8 Å². The summed E-state index contributed by atoms with van der Waals surface area (Å²) < 4.78 is 5.24. The Morgan fingerprint density at radius 1 is 1.32 bits per heavy atom. The number of amides is 1. The molecule has 0 aromatic rings. The third kappa shape index (κ3) is 6.18. The molecule has 0 unspecified atom stereocenters. The van der Waals surface area contributed by atoms with Crippen LogP contribution in [-0.2, 0) is 4.74 Å². The monoisotopic (exact) mass is 267 g/mol. The van der Waals surface area contributed by atoms with Gasteiger partial charge < -0.3 is 21.1 Å². The molecular weight excluding hydrogens is 242 g/mol. The topological polar surface area (TPSA) is 81.6 Å². The normalized spacial score (nSPS) is 17.3. The van der Waals surface area contributed by atoms with Crippen LogP contribution in [0.15, 0.2) is 23.5 Å². The lowest BCUT2D eigenvalue weighted by Gasteiger charge is -2.24. The fourth-order valence-corrected chi connectivity index (χ4v) is 1.49. The first-order valence-electron chi connectivity index (χ1n) is 6.55. The maximum atomic E-state index is 11.7. The molecule has 1 saturated carbocycles. The van der Waals surface area contributed by atoms with Gasteiger partial charge in [0.25, 0.3) is 0 Å². The molecule has 1 rings (SSSR count). The highest BCUT2D eigenvalue weighted by molar-refractivity contribution is 5.68. The number of likely N-dealkylation sites (N-methyl/N-ethyl adjacent to an activating group) is 1. The molecule has 0 heterocycles. The quantitative estimate of drug-likeness (QED) is 0.763. The van der Waals surface area contributed by atoms with E-state index in [-0.39, 0.29) is 6.09 Å². The van der Waals surface area contributed by atoms with Crippen molar-refractivity contribution in [2.75, 3.05) is 13.6 Å². The van der Waals surface area contributed by atoms with Crippen LogP contribution in [0.5, 0.6) is 0 Å². The average molecular weight is 267 g/mol. The van der Waals surface area contributed by atoms with Gasteiger partial charge in [-0.3, -0.25) is 0 Å². The number of carbonyl (C=O) groups is 1. The van der Waals surface area contributed by atoms with Crippen molar-refractivity contribution in [1.82, 2.24) is 4.90 Å². The Morgan fingerprint density at radius 3 is 2.37 bits per heavy atom. The molecule has 0 aromatic heterocycles. The van der Waals surface area contributed by atoms with Crippen molar-refractivity contribution in [3.8, 4) is 0 Å². The summed E-state index contributed by atoms with van der Waals surface area (Å²) in [7, 11) is 1.66. The van der Waals surface area contributed by atoms with E-state index >= 15 is 0 Å². The third-order valence-electron chi connectivity index (χ3n) is 2.66. The molecule has 5 nitrogen and oxygen atoms in total. The maximum Gasteiger partial charge on any atom is 0.410 e. The number of nitrogens with zero attached hydrogens (tertiary/aromatic N) is 1. The molecule has 1 aliphatic rings. The van der Waals surface area contributed by atoms with Crippen LogP contribution < -0.4 is 11.5 Å². The van der Waals surface area contributed by atoms with Gasteiger partial charge in [-0.05, 0) is 51.7 Å². The van der Waals surface area contributed by atoms with Crippen molar-refractivity contribution in [2.24, 2.45) is 17.4 Å². The lowest BCUT2D eigenvalue weighted by atomic mass is 10.2. The highest BCUT2D eigenvalue weighted by Crippen LogP contribution is 2.33. The molecule has 1 amide bonds. The fourth-order valence-electron chi connectivity index (χ4n) is 1.49. The predicted molar refractivity (Wildman–Crippen MR) is 76.1 cm³/mol. The zero-order valence-corrected chi connectivity index (χ0v) is 12.3. The summed E-state index contributed by atoms with van der Waals surface area (Å²) >= 11 is 0. The first-order chi connectivity index (χ1) is 8.69. The number of hydrogen-bond donors (Lipinski definition) is 2. The van der Waals surface area contributed by atoms with E-state index in [1.54, 1.807) is 13.1 Å². The Bertz CT molecular complexity index is 390. The summed E-state index contributed by atoms with van der Waals surface area (Å²) in [5.74, 6) is 0.521. The van der Waals surface area contributed by atoms with Crippen LogP contribution in [-0.4, -0.2) is 30.2 Å². The van der Waals surface area contributed by atoms with Crippen LogP contribution in [0.2, 0.25) is 0 Å². The van der Waals surface area contributed by atoms with E-state index in [0.717, 1.165) is 18.5 Å². The van der Waals surface area contributed by atoms with E-state index in [2.05, 4.69) is 0 Å². The second-order valence-corrected chi connectivity index (χ2v) is 6.02. The van der Waals surface area contributed by atoms with Crippen molar-refractivity contribution >= 4 is 6.09 Å². The molecule has 0 bridgehead atoms. The lowest BCUT2D eigenvalue weighted by Crippen LogP contribution is -2.36. The number of allylic oxidation sites excluding steroid dienone is 3. The van der Waals surface area contributed by atoms with E-state index < -0.39 is 5.60 Å². The van der Waals surface area contributed by atoms with Gasteiger partial charge in [-0.15, -0.1) is 0 Å². The van der Waals surface area contributed by atoms with E-state index in [9.17, 15) is 4.79 Å². The minimum absolute atomic E-state index is 0.323. The molecule has 5 heteroatoms. The zero-order chi connectivity index (χ0) is 14.6. The van der Waals surface area contributed by atoms with Crippen molar-refractivity contribution in [3.05, 3.63) is 23.5 Å². The van der Waals surface area contributed by atoms with Crippen LogP contribution >= 0.6 is 0 Å². The van der Waals surface area contributed by atoms with Gasteiger partial charge in [-0.1, -0.05) is 0 Å². The van der Waals surface area contributed by atoms with Gasteiger partial charge in [-0.2, -0.15) is 0 Å². The summed E-state index contributed by atoms with van der Waals surface area (Å²) in [6.45, 7) is 5.81. The van der Waals surface area contributed by atoms with Crippen molar-refractivity contribution in [1.29, 1.82) is 0 Å². The highest BCUT2D eigenvalue weighted by Gasteiger charge is 2.23. The summed E-state index contributed by atoms with van der Waals surface area (Å²) in [5, 5.41) is 0. The number of ether oxygens (including phenoxy) is 1. The second-order valence-electron chi connectivity index (χ2n) is 6.02. The number of nitrogens with two attached hydrogens (primary N) is 2. The maximum absolute atomic E-state index is 11.7. The zero-order valence-electron chi connectivity index (χ0n) is 12.3. The SMILES string of the molecule is CN(C/C(N)=C/C=C(\N)C1CC1)C(=O)OC(C)(C)C. The van der Waals surface area contributed by atoms with Crippen molar-refractivity contribution in [2.45, 2.75) is 39.2 Å². The Hall–Kier alpha value is -1.65. The molecule has 0 saturated heterocycles. The average Bonchev–Trinajstić information content (AvgIpc) is 3.07. The van der Waals surface area contributed by atoms with Gasteiger partial charge in [0.05, 0.1) is 6.54 Å². The fraction of sp³-hybridized carbons (Fsp3) is 0.643. The minimum atomic E-state index is -0.500. The molecule has 0 atom stereocenters. The Balaban J connectivity index is 2.46. The predicted octanol–water partition coefficient (Wildman–Crippen LogP) is 1.95. The van der Waals surface area contributed by atoms with Crippen molar-refractivity contribution < 1.29 is 9.53 Å². The molecule has 0 spiro atoms. The van der Waals surface area contributed by atoms with Gasteiger partial charge in [-0.25, -0.2) is 4.79 Å². The van der Waals surface area contributed by atoms with E-state index in [0.29, 0.717) is 18.2 Å². The summed E-state index contributed by atoms with van der Waals surface area (Å²) in [6, 6.07) is 0. The first-order valence-corrected chi connectivity index (χ1v) is 6.55. The number of carbonyl (C=O) groups excluding carboxylic acids is 1. The standard InChI is InChI=1S/C14H25N3O2/c1-14(2,3)19-13(18)17(4)9-11(15)7-8-12(16)10-5-6-10/h7-8,10H,5-6,9,15-16H2,1-4H3/b11-7-,12-8-. The van der Waals surface area contributed by atoms with Crippen LogP contribution in [0.3, 0.4) is 0 Å². The van der Waals surface area contributed by atoms with Crippen molar-refractivity contribution in [3.63, 3.8) is 0 Å². The Labute approximate surface area is 115 Å². The molecule has 108 valence electrons. The number of rotatable bonds is 4. The smallest absolute Gasteiger partial charge is 0.410 e. The van der Waals surface area contributed by atoms with Gasteiger partial charge >= 0.3 is 6.09 Å². The molecule has 19 heavy (non-hydrogen) atoms. The first kappa shape index (κ1) is 15.4. The Morgan fingerprint density at radius 2 is 1.89 bits per heavy atom. The van der Waals surface area contributed by atoms with E-state index in [1.165, 1.54) is 4.90 Å². The van der Waals surface area contributed by atoms with Crippen LogP contribution in [0.4, 0.5) is 4.79 Å². The van der Waals surface area contributed by atoms with Gasteiger partial charge in [0.1, 0.15) is 5.60 Å². The minimum Gasteiger partial charge on any atom is -0.444 e. The molecular formula is C14H25N3O2. The molecule has 1 fully saturated rings. The Kier molecular flexibility index (Phi) is 4.86. The molecule has 0 radical (unpaired) electrons. The van der Waals surface area contributed by atoms with E-state index in [4.69, 9.17) is 16.2 Å². The van der Waals surface area contributed by atoms with Gasteiger partial charge in [0.15, 0.2) is 0 Å². The third-order valence-corrected chi connectivity index (χ3v) is 2.66. The second kappa shape index (κ2) is 5.99. The summed E-state index contributed by atoms with van der Waals surface area (Å²) in [4.78, 5) is 13.2. The van der Waals surface area contributed by atoms with Gasteiger partial charge in [0.2, 0.25) is 0 Å². The molecule has 0 aromatic carbocycles. The van der Waals surface area contributed by atoms with Crippen LogP contribution in [0.1, 0.15) is 33.6 Å². The molecule has 0 aliphatic heterocycles. The van der Waals surface area contributed by atoms with Crippen LogP contribution in [0.25, 0.3) is 0 Å². The highest BCUT2D eigenvalue weighted by atomic mass is 16.6. The molecule has 1 aliphatic carbocycles. The number of hydrogen-bond acceptors (Lipinski definition) is 4. The van der Waals surface area contributed by atoms with Gasteiger partial charge in [0, 0.05) is 18.4 Å². The largest absolute Gasteiger partial charge is 0.444 e. The summed E-state index contributed by atoms with van der Waals surface area (Å²) in [6.07, 6.45) is 5.52.